The van der Waals surface area contributed by atoms with Crippen molar-refractivity contribution in [3.05, 3.63) is 0 Å². The zero-order chi connectivity index (χ0) is 110. The first-order valence-corrected chi connectivity index (χ1v) is 45.8. The van der Waals surface area contributed by atoms with Crippen LogP contribution in [0.15, 0.2) is 0 Å². The molecule has 4 N–H and O–H groups in total. The number of hydrogen-bond acceptors (Lipinski definition) is 60. The first kappa shape index (κ1) is 120. The third kappa shape index (κ3) is 32.8. The van der Waals surface area contributed by atoms with Crippen LogP contribution in [0.1, 0.15) is 138 Å². The number of esters is 20. The summed E-state index contributed by atoms with van der Waals surface area (Å²) < 4.78 is 219. The van der Waals surface area contributed by atoms with Gasteiger partial charge in [-0.25, -0.2) is 0 Å². The van der Waals surface area contributed by atoms with Crippen molar-refractivity contribution in [2.75, 3.05) is 52.9 Å². The van der Waals surface area contributed by atoms with Crippen molar-refractivity contribution >= 4 is 119 Å². The van der Waals surface area contributed by atoms with Crippen molar-refractivity contribution in [2.45, 2.75) is 384 Å². The Morgan fingerprint density at radius 1 is 0.155 bits per heavy atom. The van der Waals surface area contributed by atoms with Gasteiger partial charge in [-0.2, -0.15) is 0 Å². The molecule has 0 radical (unpaired) electrons. The van der Waals surface area contributed by atoms with Gasteiger partial charge in [-0.3, -0.25) is 95.9 Å². The highest BCUT2D eigenvalue weighted by atomic mass is 16.8. The molecule has 60 heteroatoms. The molecule has 0 aromatic carbocycles. The normalized spacial score (nSPS) is 36.7. The molecule has 30 aliphatic rings. The molecule has 0 aromatic heterocycles. The average Bonchev–Trinajstić information content (AvgIpc) is 0.755. The second-order valence-electron chi connectivity index (χ2n) is 34.3. The number of aliphatic hydroxyl groups is 4. The van der Waals surface area contributed by atoms with E-state index in [4.69, 9.17) is 171 Å². The molecule has 30 fully saturated rings. The van der Waals surface area contributed by atoms with Gasteiger partial charge < -0.3 is 191 Å². The summed E-state index contributed by atoms with van der Waals surface area (Å²) >= 11 is 0. The predicted octanol–water partition coefficient (Wildman–Crippen LogP) is -5.99. The highest BCUT2D eigenvalue weighted by Gasteiger charge is 2.67. The molecule has 30 heterocycles. The van der Waals surface area contributed by atoms with Gasteiger partial charge in [-0.05, 0) is 0 Å². The van der Waals surface area contributed by atoms with E-state index in [0.29, 0.717) is 0 Å². The highest BCUT2D eigenvalue weighted by molar-refractivity contribution is 5.73. The lowest BCUT2D eigenvalue weighted by Gasteiger charge is -2.52. The first-order valence-electron chi connectivity index (χ1n) is 45.8. The van der Waals surface area contributed by atoms with E-state index in [1.54, 1.807) is 0 Å². The van der Waals surface area contributed by atoms with E-state index in [-0.39, 0.29) is 0 Å². The highest BCUT2D eigenvalue weighted by Crippen LogP contribution is 2.46. The summed E-state index contributed by atoms with van der Waals surface area (Å²) in [5.41, 5.74) is 0. The molecule has 60 nitrogen and oxygen atoms in total. The zero-order valence-electron chi connectivity index (χ0n) is 83.4. The Balaban J connectivity index is 1.33. The lowest BCUT2D eigenvalue weighted by atomic mass is 9.94. The van der Waals surface area contributed by atoms with Crippen LogP contribution in [-0.4, -0.2) is 438 Å². The van der Waals surface area contributed by atoms with Gasteiger partial charge in [0.15, 0.2) is 136 Å². The maximum Gasteiger partial charge on any atom is 0.303 e. The number of carbonyl (C=O) groups excluding carboxylic acids is 20. The quantitative estimate of drug-likeness (QED) is 0.0418. The maximum atomic E-state index is 14.0. The molecule has 30 aliphatic heterocycles. The lowest BCUT2D eigenvalue weighted by molar-refractivity contribution is -0.404. The third-order valence-corrected chi connectivity index (χ3v) is 22.4. The standard InChI is InChI=1S/C88H120O60/c1-29(91)113-23-51-61-68(120-36(8)98)76(128-44(16)106)84(136-51)143-60-50(22-90)134-82(74(126-42(14)104)67(60)119-35(7)97)144-62-53(25-115-31(3)93)137-85(77(129-45(17)107)70(62)122-38(10)100)146-64-55(27-117-33(5)95)139-87(79(131-47(19)109)72(64)124-40(12)102)148-66-56(28-118-34(6)96)140-88(80(132-48(20)110)73(66)125-41(13)103)147-65-54(26-116-32(4)94)138-86(78(130-46(18)108)71(65)123-39(11)101)145-63-52(24-114-30(2)92)135-83(75(127-43(15)105)69(63)121-37(9)99)141-59-49(21-89)133-81(142-61)58(112)57(59)111/h49-90,111-112H,21-28H2,1-20H3. The summed E-state index contributed by atoms with van der Waals surface area (Å²) in [5.74, 6) is -25.1. The minimum Gasteiger partial charge on any atom is -0.463 e. The fourth-order valence-corrected chi connectivity index (χ4v) is 17.3. The average molecular weight is 2140 g/mol. The Morgan fingerprint density at radius 3 is 0.426 bits per heavy atom. The van der Waals surface area contributed by atoms with Crippen molar-refractivity contribution in [1.82, 2.24) is 0 Å². The summed E-state index contributed by atoms with van der Waals surface area (Å²) in [7, 11) is 0. The van der Waals surface area contributed by atoms with Crippen LogP contribution in [-0.2, 0) is 266 Å². The van der Waals surface area contributed by atoms with E-state index in [0.717, 1.165) is 138 Å². The minimum atomic E-state index is -2.59. The van der Waals surface area contributed by atoms with Crippen LogP contribution in [0.25, 0.3) is 0 Å². The molecule has 30 saturated heterocycles. The Hall–Kier alpha value is -11.4. The van der Waals surface area contributed by atoms with Crippen LogP contribution in [0.3, 0.4) is 0 Å². The maximum absolute atomic E-state index is 14.0. The molecular weight excluding hydrogens is 2020 g/mol. The Labute approximate surface area is 840 Å². The van der Waals surface area contributed by atoms with E-state index >= 15 is 0 Å². The summed E-state index contributed by atoms with van der Waals surface area (Å²) in [5, 5.41) is 48.0. The Kier molecular flexibility index (Phi) is 44.1. The second-order valence-corrected chi connectivity index (χ2v) is 34.3. The van der Waals surface area contributed by atoms with Crippen molar-refractivity contribution in [2.24, 2.45) is 0 Å². The topological polar surface area (TPSA) is 755 Å². The number of hydrogen-bond donors (Lipinski definition) is 4. The summed E-state index contributed by atoms with van der Waals surface area (Å²) in [4.78, 5) is 273. The van der Waals surface area contributed by atoms with Gasteiger partial charge in [-0.1, -0.05) is 0 Å². The fraction of sp³-hybridized carbons (Fsp3) is 0.773. The van der Waals surface area contributed by atoms with Crippen LogP contribution >= 0.6 is 0 Å². The number of ether oxygens (including phenoxy) is 36. The number of rotatable bonds is 28. The van der Waals surface area contributed by atoms with Crippen LogP contribution in [0.4, 0.5) is 0 Å². The van der Waals surface area contributed by atoms with Crippen LogP contribution < -0.4 is 0 Å². The Bertz CT molecular complexity index is 4670. The van der Waals surface area contributed by atoms with Crippen molar-refractivity contribution in [3.8, 4) is 0 Å². The van der Waals surface area contributed by atoms with Crippen molar-refractivity contribution in [3.63, 3.8) is 0 Å². The molecule has 40 atom stereocenters. The van der Waals surface area contributed by atoms with Crippen LogP contribution in [0.5, 0.6) is 0 Å². The molecule has 0 spiro atoms. The van der Waals surface area contributed by atoms with Gasteiger partial charge >= 0.3 is 119 Å². The Morgan fingerprint density at radius 2 is 0.277 bits per heavy atom. The molecule has 148 heavy (non-hydrogen) atoms. The lowest BCUT2D eigenvalue weighted by Crippen LogP contribution is -2.71. The third-order valence-electron chi connectivity index (χ3n) is 22.4. The summed E-state index contributed by atoms with van der Waals surface area (Å²) in [6, 6.07) is 0. The van der Waals surface area contributed by atoms with E-state index in [1.165, 1.54) is 0 Å². The van der Waals surface area contributed by atoms with Gasteiger partial charge in [0, 0.05) is 138 Å². The van der Waals surface area contributed by atoms with E-state index in [1.807, 2.05) is 0 Å². The van der Waals surface area contributed by atoms with Crippen LogP contribution in [0.2, 0.25) is 0 Å². The molecule has 40 unspecified atom stereocenters. The second kappa shape index (κ2) is 54.4. The van der Waals surface area contributed by atoms with Crippen LogP contribution in [0, 0.1) is 0 Å². The monoisotopic (exact) mass is 2140 g/mol. The molecular formula is C88H120O60. The zero-order valence-corrected chi connectivity index (χ0v) is 83.4. The molecule has 832 valence electrons. The van der Waals surface area contributed by atoms with Crippen molar-refractivity contribution < 1.29 is 287 Å². The number of aliphatic hydroxyl groups excluding tert-OH is 4. The van der Waals surface area contributed by atoms with Gasteiger partial charge in [0.2, 0.25) is 0 Å². The molecule has 0 aromatic rings. The molecule has 30 rings (SSSR count). The fourth-order valence-electron chi connectivity index (χ4n) is 17.3. The smallest absolute Gasteiger partial charge is 0.303 e. The number of carbonyl (C=O) groups is 20. The molecule has 0 aliphatic carbocycles. The minimum absolute atomic E-state index is 0.777. The first-order chi connectivity index (χ1) is 69.5. The molecule has 16 bridgehead atoms. The predicted molar refractivity (Wildman–Crippen MR) is 452 cm³/mol. The van der Waals surface area contributed by atoms with E-state index in [2.05, 4.69) is 0 Å². The van der Waals surface area contributed by atoms with E-state index < -0.39 is 418 Å². The van der Waals surface area contributed by atoms with E-state index in [9.17, 15) is 116 Å². The largest absolute Gasteiger partial charge is 0.463 e. The van der Waals surface area contributed by atoms with Crippen molar-refractivity contribution in [1.29, 1.82) is 0 Å². The summed E-state index contributed by atoms with van der Waals surface area (Å²) in [6.07, 6.45) is -93.2. The van der Waals surface area contributed by atoms with Gasteiger partial charge in [0.05, 0.1) is 13.2 Å². The van der Waals surface area contributed by atoms with Gasteiger partial charge in [-0.15, -0.1) is 0 Å². The summed E-state index contributed by atoms with van der Waals surface area (Å²) in [6.45, 7) is 6.85. The molecule has 0 amide bonds. The van der Waals surface area contributed by atoms with Gasteiger partial charge in [0.25, 0.3) is 0 Å². The molecule has 0 saturated carbocycles. The SMILES string of the molecule is CC(=O)OCC1OC2OC3C(CO)OC(OC4C(COC(C)=O)OC(OC5C(COC(C)=O)OC(OC6C(COC(C)=O)OC(OC7C(COC(C)=O)OC(OC8C(COC(C)=O)OC(OC9C(CO)OC(OC1C(OC(C)=O)C2OC(C)=O)C(O)C9O)C(OC(C)=O)C8OC(C)=O)C(OC(C)=O)C7OC(C)=O)C(OC(C)=O)C6OC(C)=O)C(OC(C)=O)C5OC(C)=O)C(OC(C)=O)C4OC(C)=O)C(OC(C)=O)C3OC(C)=O. The van der Waals surface area contributed by atoms with Gasteiger partial charge in [0.1, 0.15) is 150 Å².